The fraction of sp³-hybridized carbons (Fsp3) is 0.182. The Morgan fingerprint density at radius 2 is 1.73 bits per heavy atom. The third kappa shape index (κ3) is 4.07. The van der Waals surface area contributed by atoms with Gasteiger partial charge in [0.1, 0.15) is 12.4 Å². The van der Waals surface area contributed by atoms with Crippen molar-refractivity contribution in [3.8, 4) is 22.4 Å². The maximum atomic E-state index is 12.5. The summed E-state index contributed by atoms with van der Waals surface area (Å²) < 4.78 is 1.70. The van der Waals surface area contributed by atoms with Gasteiger partial charge < -0.3 is 5.32 Å². The van der Waals surface area contributed by atoms with E-state index in [1.807, 2.05) is 45.2 Å². The van der Waals surface area contributed by atoms with E-state index in [1.54, 1.807) is 35.5 Å². The van der Waals surface area contributed by atoms with Crippen LogP contribution in [0.3, 0.4) is 0 Å². The van der Waals surface area contributed by atoms with Crippen LogP contribution in [-0.4, -0.2) is 35.6 Å². The molecule has 0 aromatic carbocycles. The number of carbonyl (C=O) groups is 1. The summed E-state index contributed by atoms with van der Waals surface area (Å²) in [6.45, 7) is 5.93. The van der Waals surface area contributed by atoms with Crippen LogP contribution in [0.2, 0.25) is 0 Å². The van der Waals surface area contributed by atoms with E-state index in [9.17, 15) is 4.79 Å². The molecular weight excluding hydrogens is 378 g/mol. The molecular formula is C22H21N7O. The molecule has 4 aromatic heterocycles. The lowest BCUT2D eigenvalue weighted by molar-refractivity contribution is -0.117. The first-order valence-corrected chi connectivity index (χ1v) is 9.50. The van der Waals surface area contributed by atoms with Crippen molar-refractivity contribution in [3.05, 3.63) is 72.3 Å². The molecule has 4 heterocycles. The molecule has 0 aliphatic rings. The van der Waals surface area contributed by atoms with E-state index in [2.05, 4.69) is 30.4 Å². The summed E-state index contributed by atoms with van der Waals surface area (Å²) in [5, 5.41) is 7.35. The van der Waals surface area contributed by atoms with Gasteiger partial charge in [-0.15, -0.1) is 0 Å². The van der Waals surface area contributed by atoms with E-state index in [0.717, 1.165) is 39.5 Å². The van der Waals surface area contributed by atoms with Crippen molar-refractivity contribution >= 4 is 11.7 Å². The summed E-state index contributed by atoms with van der Waals surface area (Å²) in [4.78, 5) is 29.5. The smallest absolute Gasteiger partial charge is 0.247 e. The van der Waals surface area contributed by atoms with E-state index in [4.69, 9.17) is 0 Å². The Labute approximate surface area is 174 Å². The van der Waals surface area contributed by atoms with E-state index in [1.165, 1.54) is 0 Å². The van der Waals surface area contributed by atoms with Crippen LogP contribution in [-0.2, 0) is 11.3 Å². The van der Waals surface area contributed by atoms with Gasteiger partial charge in [-0.2, -0.15) is 5.10 Å². The Bertz CT molecular complexity index is 1170. The van der Waals surface area contributed by atoms with Gasteiger partial charge in [0, 0.05) is 52.9 Å². The summed E-state index contributed by atoms with van der Waals surface area (Å²) in [5.74, 6) is 0.270. The highest BCUT2D eigenvalue weighted by molar-refractivity contribution is 5.89. The van der Waals surface area contributed by atoms with Crippen LogP contribution in [0.4, 0.5) is 5.82 Å². The van der Waals surface area contributed by atoms with Gasteiger partial charge in [-0.05, 0) is 39.0 Å². The van der Waals surface area contributed by atoms with Crippen molar-refractivity contribution in [2.24, 2.45) is 0 Å². The predicted molar refractivity (Wildman–Crippen MR) is 114 cm³/mol. The zero-order chi connectivity index (χ0) is 21.1. The van der Waals surface area contributed by atoms with E-state index >= 15 is 0 Å². The normalized spacial score (nSPS) is 10.8. The molecule has 0 saturated carbocycles. The largest absolute Gasteiger partial charge is 0.309 e. The Hall–Kier alpha value is -3.94. The molecule has 1 N–H and O–H groups in total. The summed E-state index contributed by atoms with van der Waals surface area (Å²) in [6.07, 6.45) is 8.40. The maximum absolute atomic E-state index is 12.5. The fourth-order valence-electron chi connectivity index (χ4n) is 3.27. The Morgan fingerprint density at radius 3 is 2.40 bits per heavy atom. The molecule has 0 fully saturated rings. The van der Waals surface area contributed by atoms with Gasteiger partial charge in [-0.1, -0.05) is 6.07 Å². The van der Waals surface area contributed by atoms with Crippen molar-refractivity contribution in [3.63, 3.8) is 0 Å². The number of hydrogen-bond donors (Lipinski definition) is 1. The summed E-state index contributed by atoms with van der Waals surface area (Å²) in [6, 6.07) is 7.58. The average molecular weight is 399 g/mol. The average Bonchev–Trinajstić information content (AvgIpc) is 3.03. The topological polar surface area (TPSA) is 98.5 Å². The Balaban J connectivity index is 1.47. The Morgan fingerprint density at radius 1 is 0.933 bits per heavy atom. The maximum Gasteiger partial charge on any atom is 0.247 e. The second kappa shape index (κ2) is 8.20. The zero-order valence-electron chi connectivity index (χ0n) is 17.0. The Kier molecular flexibility index (Phi) is 5.30. The second-order valence-corrected chi connectivity index (χ2v) is 6.96. The molecule has 0 saturated heterocycles. The molecule has 30 heavy (non-hydrogen) atoms. The number of aryl methyl sites for hydroxylation is 2. The number of nitrogens with one attached hydrogen (secondary N) is 1. The summed E-state index contributed by atoms with van der Waals surface area (Å²) in [7, 11) is 0. The van der Waals surface area contributed by atoms with Crippen molar-refractivity contribution < 1.29 is 4.79 Å². The standard InChI is InChI=1S/C22H21N7O/c1-14-4-5-18(11-25-14)22-15(2)28-29(16(22)3)13-21(30)27-20-7-6-17(10-26-20)19-12-23-8-9-24-19/h4-12H,13H2,1-3H3,(H,26,27,30). The zero-order valence-corrected chi connectivity index (χ0v) is 17.0. The molecule has 0 bridgehead atoms. The first-order chi connectivity index (χ1) is 14.5. The number of carbonyl (C=O) groups excluding carboxylic acids is 1. The van der Waals surface area contributed by atoms with E-state index < -0.39 is 0 Å². The third-order valence-corrected chi connectivity index (χ3v) is 4.76. The minimum atomic E-state index is -0.200. The van der Waals surface area contributed by atoms with Crippen LogP contribution >= 0.6 is 0 Å². The first-order valence-electron chi connectivity index (χ1n) is 9.50. The number of aromatic nitrogens is 6. The molecule has 0 unspecified atom stereocenters. The van der Waals surface area contributed by atoms with Gasteiger partial charge in [-0.25, -0.2) is 4.98 Å². The van der Waals surface area contributed by atoms with Crippen LogP contribution in [0, 0.1) is 20.8 Å². The monoisotopic (exact) mass is 399 g/mol. The number of anilines is 1. The molecule has 8 heteroatoms. The molecule has 0 atom stereocenters. The van der Waals surface area contributed by atoms with Gasteiger partial charge in [0.05, 0.1) is 17.6 Å². The molecule has 8 nitrogen and oxygen atoms in total. The first kappa shape index (κ1) is 19.4. The highest BCUT2D eigenvalue weighted by atomic mass is 16.2. The highest BCUT2D eigenvalue weighted by Gasteiger charge is 2.16. The van der Waals surface area contributed by atoms with Gasteiger partial charge in [0.15, 0.2) is 0 Å². The van der Waals surface area contributed by atoms with Crippen LogP contribution in [0.5, 0.6) is 0 Å². The van der Waals surface area contributed by atoms with Crippen LogP contribution in [0.1, 0.15) is 17.1 Å². The summed E-state index contributed by atoms with van der Waals surface area (Å²) >= 11 is 0. The van der Waals surface area contributed by atoms with Gasteiger partial charge >= 0.3 is 0 Å². The number of nitrogens with zero attached hydrogens (tertiary/aromatic N) is 6. The number of hydrogen-bond acceptors (Lipinski definition) is 6. The van der Waals surface area contributed by atoms with Crippen molar-refractivity contribution in [1.82, 2.24) is 29.7 Å². The fourth-order valence-corrected chi connectivity index (χ4v) is 3.27. The number of amides is 1. The lowest BCUT2D eigenvalue weighted by Gasteiger charge is -2.08. The van der Waals surface area contributed by atoms with E-state index in [-0.39, 0.29) is 12.5 Å². The summed E-state index contributed by atoms with van der Waals surface area (Å²) in [5.41, 5.74) is 6.28. The molecule has 0 radical (unpaired) electrons. The van der Waals surface area contributed by atoms with Crippen LogP contribution in [0.25, 0.3) is 22.4 Å². The van der Waals surface area contributed by atoms with Gasteiger partial charge in [0.2, 0.25) is 5.91 Å². The number of rotatable bonds is 5. The highest BCUT2D eigenvalue weighted by Crippen LogP contribution is 2.26. The molecule has 4 aromatic rings. The van der Waals surface area contributed by atoms with Crippen molar-refractivity contribution in [2.45, 2.75) is 27.3 Å². The van der Waals surface area contributed by atoms with E-state index in [0.29, 0.717) is 5.82 Å². The van der Waals surface area contributed by atoms with Gasteiger partial charge in [-0.3, -0.25) is 24.4 Å². The molecule has 0 spiro atoms. The predicted octanol–water partition coefficient (Wildman–Crippen LogP) is 3.36. The third-order valence-electron chi connectivity index (χ3n) is 4.76. The quantitative estimate of drug-likeness (QED) is 0.552. The van der Waals surface area contributed by atoms with Crippen LogP contribution < -0.4 is 5.32 Å². The van der Waals surface area contributed by atoms with Crippen molar-refractivity contribution in [2.75, 3.05) is 5.32 Å². The minimum absolute atomic E-state index is 0.0968. The molecule has 150 valence electrons. The minimum Gasteiger partial charge on any atom is -0.309 e. The molecule has 1 amide bonds. The lowest BCUT2D eigenvalue weighted by atomic mass is 10.1. The second-order valence-electron chi connectivity index (χ2n) is 6.96. The van der Waals surface area contributed by atoms with Gasteiger partial charge in [0.25, 0.3) is 0 Å². The molecule has 0 aliphatic carbocycles. The van der Waals surface area contributed by atoms with Crippen LogP contribution in [0.15, 0.2) is 55.2 Å². The number of pyridine rings is 2. The van der Waals surface area contributed by atoms with Crippen molar-refractivity contribution in [1.29, 1.82) is 0 Å². The SMILES string of the molecule is Cc1ccc(-c2c(C)nn(CC(=O)Nc3ccc(-c4cnccn4)cn3)c2C)cn1. The lowest BCUT2D eigenvalue weighted by Crippen LogP contribution is -2.20. The molecule has 0 aliphatic heterocycles. The molecule has 4 rings (SSSR count).